The summed E-state index contributed by atoms with van der Waals surface area (Å²) >= 11 is 0. The standard InChI is InChI=1S/C23H32N2O6/c1-23(2,3)31-22(29)24-11-9-17(10-12-24)18-13-25(14-19(18)20(26)27)21(28)30-15-16-7-5-4-6-8-16/h4-8,17-19H,9-15H2,1-3H3,(H,26,27). The van der Waals surface area contributed by atoms with Crippen molar-refractivity contribution in [2.75, 3.05) is 26.2 Å². The van der Waals surface area contributed by atoms with Crippen molar-refractivity contribution in [3.8, 4) is 0 Å². The molecule has 0 spiro atoms. The first-order valence-electron chi connectivity index (χ1n) is 10.8. The summed E-state index contributed by atoms with van der Waals surface area (Å²) in [7, 11) is 0. The molecule has 2 aliphatic rings. The summed E-state index contributed by atoms with van der Waals surface area (Å²) in [6, 6.07) is 9.39. The Kier molecular flexibility index (Phi) is 7.08. The fourth-order valence-corrected chi connectivity index (χ4v) is 4.36. The maximum atomic E-state index is 12.5. The van der Waals surface area contributed by atoms with Crippen LogP contribution in [0.4, 0.5) is 9.59 Å². The van der Waals surface area contributed by atoms with E-state index in [9.17, 15) is 19.5 Å². The first kappa shape index (κ1) is 22.9. The Morgan fingerprint density at radius 2 is 1.65 bits per heavy atom. The summed E-state index contributed by atoms with van der Waals surface area (Å²) in [6.07, 6.45) is 0.573. The van der Waals surface area contributed by atoms with Crippen molar-refractivity contribution in [3.05, 3.63) is 35.9 Å². The molecule has 2 atom stereocenters. The zero-order chi connectivity index (χ0) is 22.6. The summed E-state index contributed by atoms with van der Waals surface area (Å²) in [4.78, 5) is 39.9. The van der Waals surface area contributed by atoms with Gasteiger partial charge in [-0.1, -0.05) is 30.3 Å². The molecule has 0 radical (unpaired) electrons. The number of benzene rings is 1. The molecule has 2 saturated heterocycles. The van der Waals surface area contributed by atoms with Crippen LogP contribution >= 0.6 is 0 Å². The van der Waals surface area contributed by atoms with Gasteiger partial charge in [-0.3, -0.25) is 4.79 Å². The van der Waals surface area contributed by atoms with Crippen molar-refractivity contribution in [1.82, 2.24) is 9.80 Å². The van der Waals surface area contributed by atoms with E-state index in [0.29, 0.717) is 32.5 Å². The van der Waals surface area contributed by atoms with Crippen molar-refractivity contribution in [2.24, 2.45) is 17.8 Å². The zero-order valence-electron chi connectivity index (χ0n) is 18.5. The van der Waals surface area contributed by atoms with Crippen LogP contribution in [0.3, 0.4) is 0 Å². The molecule has 8 heteroatoms. The van der Waals surface area contributed by atoms with Crippen LogP contribution in [0, 0.1) is 17.8 Å². The molecule has 1 aromatic carbocycles. The lowest BCUT2D eigenvalue weighted by Gasteiger charge is -2.36. The molecule has 2 unspecified atom stereocenters. The Hall–Kier alpha value is -2.77. The van der Waals surface area contributed by atoms with E-state index in [1.807, 2.05) is 51.1 Å². The minimum Gasteiger partial charge on any atom is -0.481 e. The van der Waals surface area contributed by atoms with Gasteiger partial charge < -0.3 is 24.4 Å². The summed E-state index contributed by atoms with van der Waals surface area (Å²) < 4.78 is 10.8. The number of nitrogens with zero attached hydrogens (tertiary/aromatic N) is 2. The number of carbonyl (C=O) groups excluding carboxylic acids is 2. The predicted molar refractivity (Wildman–Crippen MR) is 113 cm³/mol. The molecular formula is C23H32N2O6. The van der Waals surface area contributed by atoms with Gasteiger partial charge in [0.15, 0.2) is 0 Å². The van der Waals surface area contributed by atoms with Crippen LogP contribution in [-0.4, -0.2) is 64.8 Å². The van der Waals surface area contributed by atoms with Crippen LogP contribution in [0.15, 0.2) is 30.3 Å². The summed E-state index contributed by atoms with van der Waals surface area (Å²) in [5.41, 5.74) is 0.338. The van der Waals surface area contributed by atoms with Crippen molar-refractivity contribution in [3.63, 3.8) is 0 Å². The second-order valence-electron chi connectivity index (χ2n) is 9.36. The fraction of sp³-hybridized carbons (Fsp3) is 0.609. The lowest BCUT2D eigenvalue weighted by Crippen LogP contribution is -2.44. The topological polar surface area (TPSA) is 96.4 Å². The molecule has 1 aromatic rings. The highest BCUT2D eigenvalue weighted by molar-refractivity contribution is 5.74. The van der Waals surface area contributed by atoms with Gasteiger partial charge in [0.05, 0.1) is 5.92 Å². The van der Waals surface area contributed by atoms with E-state index in [4.69, 9.17) is 9.47 Å². The van der Waals surface area contributed by atoms with E-state index >= 15 is 0 Å². The van der Waals surface area contributed by atoms with Crippen LogP contribution in [-0.2, 0) is 20.9 Å². The Labute approximate surface area is 183 Å². The molecule has 2 amide bonds. The lowest BCUT2D eigenvalue weighted by atomic mass is 9.78. The molecule has 0 bridgehead atoms. The number of hydrogen-bond acceptors (Lipinski definition) is 5. The van der Waals surface area contributed by atoms with E-state index in [0.717, 1.165) is 5.56 Å². The highest BCUT2D eigenvalue weighted by Gasteiger charge is 2.45. The number of amides is 2. The molecule has 1 N–H and O–H groups in total. The minimum atomic E-state index is -0.891. The number of carboxylic acid groups (broad SMARTS) is 1. The molecule has 2 fully saturated rings. The molecule has 2 aliphatic heterocycles. The molecule has 31 heavy (non-hydrogen) atoms. The smallest absolute Gasteiger partial charge is 0.410 e. The van der Waals surface area contributed by atoms with E-state index in [1.54, 1.807) is 4.90 Å². The number of ether oxygens (including phenoxy) is 2. The molecule has 2 heterocycles. The highest BCUT2D eigenvalue weighted by atomic mass is 16.6. The highest BCUT2D eigenvalue weighted by Crippen LogP contribution is 2.36. The average Bonchev–Trinajstić information content (AvgIpc) is 3.17. The maximum absolute atomic E-state index is 12.5. The molecule has 8 nitrogen and oxygen atoms in total. The number of piperidine rings is 1. The van der Waals surface area contributed by atoms with Gasteiger partial charge in [-0.2, -0.15) is 0 Å². The molecule has 3 rings (SSSR count). The molecule has 170 valence electrons. The Balaban J connectivity index is 1.55. The molecule has 0 aliphatic carbocycles. The second kappa shape index (κ2) is 9.58. The number of carboxylic acids is 1. The van der Waals surface area contributed by atoms with Crippen molar-refractivity contribution in [2.45, 2.75) is 45.8 Å². The van der Waals surface area contributed by atoms with Crippen LogP contribution in [0.1, 0.15) is 39.2 Å². The van der Waals surface area contributed by atoms with E-state index in [1.165, 1.54) is 4.90 Å². The van der Waals surface area contributed by atoms with E-state index < -0.39 is 23.6 Å². The van der Waals surface area contributed by atoms with Crippen LogP contribution < -0.4 is 0 Å². The largest absolute Gasteiger partial charge is 0.481 e. The van der Waals surface area contributed by atoms with Gasteiger partial charge in [0, 0.05) is 26.2 Å². The summed E-state index contributed by atoms with van der Waals surface area (Å²) in [6.45, 7) is 7.23. The Morgan fingerprint density at radius 3 is 2.23 bits per heavy atom. The molecular weight excluding hydrogens is 400 g/mol. The SMILES string of the molecule is CC(C)(C)OC(=O)N1CCC(C2CN(C(=O)OCc3ccccc3)CC2C(=O)O)CC1. The van der Waals surface area contributed by atoms with Gasteiger partial charge in [-0.05, 0) is 51.0 Å². The predicted octanol–water partition coefficient (Wildman–Crippen LogP) is 3.60. The summed E-state index contributed by atoms with van der Waals surface area (Å²) in [5.74, 6) is -1.53. The first-order chi connectivity index (χ1) is 14.6. The van der Waals surface area contributed by atoms with Gasteiger partial charge in [0.2, 0.25) is 0 Å². The monoisotopic (exact) mass is 432 g/mol. The van der Waals surface area contributed by atoms with Crippen LogP contribution in [0.5, 0.6) is 0 Å². The quantitative estimate of drug-likeness (QED) is 0.781. The van der Waals surface area contributed by atoms with Gasteiger partial charge in [0.25, 0.3) is 0 Å². The van der Waals surface area contributed by atoms with Crippen molar-refractivity contribution >= 4 is 18.2 Å². The van der Waals surface area contributed by atoms with Gasteiger partial charge in [-0.25, -0.2) is 9.59 Å². The van der Waals surface area contributed by atoms with Gasteiger partial charge in [0.1, 0.15) is 12.2 Å². The number of likely N-dealkylation sites (tertiary alicyclic amines) is 2. The minimum absolute atomic E-state index is 0.131. The fourth-order valence-electron chi connectivity index (χ4n) is 4.36. The molecule has 0 aromatic heterocycles. The number of carbonyl (C=O) groups is 3. The maximum Gasteiger partial charge on any atom is 0.410 e. The van der Waals surface area contributed by atoms with Crippen LogP contribution in [0.25, 0.3) is 0 Å². The molecule has 0 saturated carbocycles. The van der Waals surface area contributed by atoms with E-state index in [2.05, 4.69) is 0 Å². The third kappa shape index (κ3) is 6.12. The summed E-state index contributed by atoms with van der Waals surface area (Å²) in [5, 5.41) is 9.73. The van der Waals surface area contributed by atoms with Gasteiger partial charge in [-0.15, -0.1) is 0 Å². The lowest BCUT2D eigenvalue weighted by molar-refractivity contribution is -0.143. The third-order valence-electron chi connectivity index (χ3n) is 5.94. The number of rotatable bonds is 4. The number of aliphatic carboxylic acids is 1. The van der Waals surface area contributed by atoms with Crippen molar-refractivity contribution in [1.29, 1.82) is 0 Å². The van der Waals surface area contributed by atoms with Gasteiger partial charge >= 0.3 is 18.2 Å². The normalized spacial score (nSPS) is 22.3. The Bertz CT molecular complexity index is 783. The second-order valence-corrected chi connectivity index (χ2v) is 9.36. The average molecular weight is 433 g/mol. The zero-order valence-corrected chi connectivity index (χ0v) is 18.5. The van der Waals surface area contributed by atoms with Crippen LogP contribution in [0.2, 0.25) is 0 Å². The number of hydrogen-bond donors (Lipinski definition) is 1. The van der Waals surface area contributed by atoms with E-state index in [-0.39, 0.29) is 31.1 Å². The first-order valence-corrected chi connectivity index (χ1v) is 10.8. The third-order valence-corrected chi connectivity index (χ3v) is 5.94. The Morgan fingerprint density at radius 1 is 1.00 bits per heavy atom. The van der Waals surface area contributed by atoms with Crippen molar-refractivity contribution < 1.29 is 29.0 Å².